The Labute approximate surface area is 193 Å². The summed E-state index contributed by atoms with van der Waals surface area (Å²) in [4.78, 5) is 12.8. The average Bonchev–Trinajstić information content (AvgIpc) is 3.10. The maximum Gasteiger partial charge on any atom is 0.147 e. The molecular weight excluding hydrogens is 451 g/mol. The highest BCUT2D eigenvalue weighted by Gasteiger charge is 2.19. The lowest BCUT2D eigenvalue weighted by atomic mass is 9.92. The maximum absolute atomic E-state index is 14.4. The first-order chi connectivity index (χ1) is 15.0. The van der Waals surface area contributed by atoms with Gasteiger partial charge in [-0.25, -0.2) is 17.5 Å². The van der Waals surface area contributed by atoms with Crippen LogP contribution in [0.1, 0.15) is 41.8 Å². The predicted molar refractivity (Wildman–Crippen MR) is 125 cm³/mol. The molecule has 0 aliphatic rings. The molecule has 170 valence electrons. The van der Waals surface area contributed by atoms with Gasteiger partial charge in [0.15, 0.2) is 0 Å². The third kappa shape index (κ3) is 6.26. The molecule has 0 saturated heterocycles. The molecule has 5 nitrogen and oxygen atoms in total. The van der Waals surface area contributed by atoms with E-state index in [1.54, 1.807) is 29.8 Å². The summed E-state index contributed by atoms with van der Waals surface area (Å²) < 4.78 is 38.9. The van der Waals surface area contributed by atoms with E-state index in [1.165, 1.54) is 6.07 Å². The second kappa shape index (κ2) is 9.96. The van der Waals surface area contributed by atoms with Crippen LogP contribution in [0.5, 0.6) is 0 Å². The van der Waals surface area contributed by atoms with E-state index in [9.17, 15) is 17.6 Å². The SMILES string of the molecule is Cc1cc(CCC(=O)C(C)c2ccc(CCS(C)(=O)=O)c(F)c2)n(-c2cccc(Cl)c2)n1. The van der Waals surface area contributed by atoms with E-state index >= 15 is 0 Å². The third-order valence-corrected chi connectivity index (χ3v) is 6.57. The molecule has 0 aliphatic heterocycles. The number of aryl methyl sites for hydroxylation is 3. The minimum absolute atomic E-state index is 0.00946. The molecule has 2 aromatic carbocycles. The van der Waals surface area contributed by atoms with Gasteiger partial charge in [0.1, 0.15) is 21.4 Å². The summed E-state index contributed by atoms with van der Waals surface area (Å²) in [6, 6.07) is 13.9. The van der Waals surface area contributed by atoms with Crippen molar-refractivity contribution >= 4 is 27.2 Å². The van der Waals surface area contributed by atoms with Crippen LogP contribution in [-0.4, -0.2) is 36.0 Å². The zero-order chi connectivity index (χ0) is 23.5. The van der Waals surface area contributed by atoms with Crippen molar-refractivity contribution in [3.05, 3.63) is 81.9 Å². The molecule has 0 bridgehead atoms. The Hall–Kier alpha value is -2.51. The number of hydrogen-bond donors (Lipinski definition) is 0. The van der Waals surface area contributed by atoms with Gasteiger partial charge in [0.2, 0.25) is 0 Å². The van der Waals surface area contributed by atoms with Crippen LogP contribution in [-0.2, 0) is 27.5 Å². The summed E-state index contributed by atoms with van der Waals surface area (Å²) in [6.45, 7) is 3.65. The fourth-order valence-corrected chi connectivity index (χ4v) is 4.32. The lowest BCUT2D eigenvalue weighted by Gasteiger charge is -2.13. The van der Waals surface area contributed by atoms with Crippen LogP contribution >= 0.6 is 11.6 Å². The first-order valence-electron chi connectivity index (χ1n) is 10.3. The molecule has 1 unspecified atom stereocenters. The fraction of sp³-hybridized carbons (Fsp3) is 0.333. The molecule has 3 aromatic rings. The number of rotatable bonds is 9. The van der Waals surface area contributed by atoms with Gasteiger partial charge in [0, 0.05) is 29.3 Å². The quantitative estimate of drug-likeness (QED) is 0.442. The Kier molecular flexibility index (Phi) is 7.51. The summed E-state index contributed by atoms with van der Waals surface area (Å²) in [5, 5.41) is 5.12. The van der Waals surface area contributed by atoms with Gasteiger partial charge in [-0.3, -0.25) is 4.79 Å². The number of carbonyl (C=O) groups is 1. The molecule has 0 radical (unpaired) electrons. The zero-order valence-electron chi connectivity index (χ0n) is 18.3. The number of sulfone groups is 1. The predicted octanol–water partition coefficient (Wildman–Crippen LogP) is 4.87. The Morgan fingerprint density at radius 1 is 1.16 bits per heavy atom. The molecule has 0 spiro atoms. The van der Waals surface area contributed by atoms with Crippen LogP contribution in [0.25, 0.3) is 5.69 Å². The second-order valence-corrected chi connectivity index (χ2v) is 10.8. The smallest absolute Gasteiger partial charge is 0.147 e. The van der Waals surface area contributed by atoms with E-state index in [1.807, 2.05) is 31.2 Å². The van der Waals surface area contributed by atoms with Crippen molar-refractivity contribution in [3.63, 3.8) is 0 Å². The Bertz CT molecular complexity index is 1240. The summed E-state index contributed by atoms with van der Waals surface area (Å²) in [5.41, 5.74) is 3.47. The van der Waals surface area contributed by atoms with Crippen LogP contribution in [0.2, 0.25) is 5.02 Å². The van der Waals surface area contributed by atoms with Gasteiger partial charge >= 0.3 is 0 Å². The number of halogens is 2. The molecule has 0 aliphatic carbocycles. The molecule has 1 atom stereocenters. The first-order valence-corrected chi connectivity index (χ1v) is 12.8. The van der Waals surface area contributed by atoms with Gasteiger partial charge in [-0.05, 0) is 61.2 Å². The van der Waals surface area contributed by atoms with Crippen LogP contribution < -0.4 is 0 Å². The summed E-state index contributed by atoms with van der Waals surface area (Å²) >= 11 is 6.10. The largest absolute Gasteiger partial charge is 0.299 e. The fourth-order valence-electron chi connectivity index (χ4n) is 3.55. The lowest BCUT2D eigenvalue weighted by Crippen LogP contribution is -2.13. The highest BCUT2D eigenvalue weighted by Crippen LogP contribution is 2.23. The van der Waals surface area contributed by atoms with Crippen molar-refractivity contribution < 1.29 is 17.6 Å². The number of carbonyl (C=O) groups excluding carboxylic acids is 1. The van der Waals surface area contributed by atoms with Gasteiger partial charge in [-0.2, -0.15) is 5.10 Å². The maximum atomic E-state index is 14.4. The molecule has 0 fully saturated rings. The number of Topliss-reactive ketones (excluding diaryl/α,β-unsaturated/α-hetero) is 1. The van der Waals surface area contributed by atoms with Crippen molar-refractivity contribution in [2.45, 2.75) is 39.0 Å². The molecule has 8 heteroatoms. The molecule has 1 heterocycles. The summed E-state index contributed by atoms with van der Waals surface area (Å²) in [5.74, 6) is -1.08. The molecule has 3 rings (SSSR count). The topological polar surface area (TPSA) is 69.0 Å². The van der Waals surface area contributed by atoms with E-state index < -0.39 is 21.6 Å². The molecule has 0 saturated carbocycles. The molecular formula is C24H26ClFN2O3S. The van der Waals surface area contributed by atoms with E-state index in [0.717, 1.165) is 23.3 Å². The standard InChI is InChI=1S/C24H26ClFN2O3S/c1-16-13-22(28(27-16)21-6-4-5-20(25)15-21)9-10-24(29)17(2)19-8-7-18(23(26)14-19)11-12-32(3,30)31/h4-8,13-15,17H,9-12H2,1-3H3. The molecule has 0 amide bonds. The van der Waals surface area contributed by atoms with Crippen molar-refractivity contribution in [3.8, 4) is 5.69 Å². The minimum atomic E-state index is -3.17. The number of nitrogens with zero attached hydrogens (tertiary/aromatic N) is 2. The Morgan fingerprint density at radius 2 is 1.91 bits per heavy atom. The van der Waals surface area contributed by atoms with E-state index in [2.05, 4.69) is 5.10 Å². The monoisotopic (exact) mass is 476 g/mol. The number of ketones is 1. The number of aromatic nitrogens is 2. The molecule has 32 heavy (non-hydrogen) atoms. The minimum Gasteiger partial charge on any atom is -0.299 e. The Morgan fingerprint density at radius 3 is 2.56 bits per heavy atom. The second-order valence-electron chi connectivity index (χ2n) is 8.09. The lowest BCUT2D eigenvalue weighted by molar-refractivity contribution is -0.120. The Balaban J connectivity index is 1.69. The van der Waals surface area contributed by atoms with E-state index in [0.29, 0.717) is 22.6 Å². The molecule has 1 aromatic heterocycles. The van der Waals surface area contributed by atoms with Gasteiger partial charge in [0.05, 0.1) is 17.1 Å². The molecule has 0 N–H and O–H groups in total. The van der Waals surface area contributed by atoms with Gasteiger partial charge in [-0.1, -0.05) is 36.7 Å². The van der Waals surface area contributed by atoms with Crippen LogP contribution in [0, 0.1) is 12.7 Å². The number of hydrogen-bond acceptors (Lipinski definition) is 4. The van der Waals surface area contributed by atoms with E-state index in [4.69, 9.17) is 11.6 Å². The van der Waals surface area contributed by atoms with Crippen molar-refractivity contribution in [2.24, 2.45) is 0 Å². The van der Waals surface area contributed by atoms with Gasteiger partial charge in [0.25, 0.3) is 0 Å². The van der Waals surface area contributed by atoms with Crippen molar-refractivity contribution in [2.75, 3.05) is 12.0 Å². The van der Waals surface area contributed by atoms with Crippen LogP contribution in [0.15, 0.2) is 48.5 Å². The average molecular weight is 477 g/mol. The zero-order valence-corrected chi connectivity index (χ0v) is 19.9. The highest BCUT2D eigenvalue weighted by atomic mass is 35.5. The van der Waals surface area contributed by atoms with Gasteiger partial charge in [-0.15, -0.1) is 0 Å². The number of benzene rings is 2. The van der Waals surface area contributed by atoms with Crippen molar-refractivity contribution in [1.29, 1.82) is 0 Å². The highest BCUT2D eigenvalue weighted by molar-refractivity contribution is 7.90. The van der Waals surface area contributed by atoms with Crippen LogP contribution in [0.4, 0.5) is 4.39 Å². The summed E-state index contributed by atoms with van der Waals surface area (Å²) in [6.07, 6.45) is 2.01. The van der Waals surface area contributed by atoms with Crippen molar-refractivity contribution in [1.82, 2.24) is 9.78 Å². The first kappa shape index (κ1) is 24.1. The van der Waals surface area contributed by atoms with Gasteiger partial charge < -0.3 is 0 Å². The summed E-state index contributed by atoms with van der Waals surface area (Å²) in [7, 11) is -3.17. The normalized spacial score (nSPS) is 12.7. The van der Waals surface area contributed by atoms with Crippen LogP contribution in [0.3, 0.4) is 0 Å². The third-order valence-electron chi connectivity index (χ3n) is 5.39. The van der Waals surface area contributed by atoms with E-state index in [-0.39, 0.29) is 24.4 Å².